The molecule has 1 aliphatic heterocycles. The van der Waals surface area contributed by atoms with Gasteiger partial charge >= 0.3 is 0 Å². The number of hydrogen-bond acceptors (Lipinski definition) is 4. The normalized spacial score (nSPS) is 17.6. The Morgan fingerprint density at radius 1 is 1.40 bits per heavy atom. The second-order valence-corrected chi connectivity index (χ2v) is 6.80. The molecule has 1 aliphatic rings. The average Bonchev–Trinajstić information content (AvgIpc) is 3.02. The standard InChI is InChI=1S/C17H19F2N3O2S/c18-17(19)25-15-7-2-1-6-14(15)16(23)21-12-9-20-22(10-12)11-13-5-3-4-8-24-13/h1-2,6-7,9-10,13,17H,3-5,8,11H2,(H,21,23). The molecule has 0 saturated carbocycles. The Kier molecular flexibility index (Phi) is 6.04. The molecule has 1 aromatic heterocycles. The summed E-state index contributed by atoms with van der Waals surface area (Å²) in [7, 11) is 0. The molecule has 0 bridgehead atoms. The number of nitrogens with one attached hydrogen (secondary N) is 1. The van der Waals surface area contributed by atoms with Crippen LogP contribution in [0, 0.1) is 0 Å². The minimum absolute atomic E-state index is 0.139. The van der Waals surface area contributed by atoms with Gasteiger partial charge in [-0.25, -0.2) is 0 Å². The molecule has 2 aromatic rings. The Hall–Kier alpha value is -1.93. The van der Waals surface area contributed by atoms with Crippen LogP contribution in [0.4, 0.5) is 14.5 Å². The fraction of sp³-hybridized carbons (Fsp3) is 0.412. The zero-order valence-corrected chi connectivity index (χ0v) is 14.3. The first-order valence-electron chi connectivity index (χ1n) is 8.11. The number of nitrogens with zero attached hydrogens (tertiary/aromatic N) is 2. The van der Waals surface area contributed by atoms with Crippen molar-refractivity contribution >= 4 is 23.4 Å². The number of thioether (sulfide) groups is 1. The highest BCUT2D eigenvalue weighted by Crippen LogP contribution is 2.28. The maximum Gasteiger partial charge on any atom is 0.288 e. The van der Waals surface area contributed by atoms with Gasteiger partial charge < -0.3 is 10.1 Å². The Bertz CT molecular complexity index is 717. The highest BCUT2D eigenvalue weighted by atomic mass is 32.2. The van der Waals surface area contributed by atoms with Gasteiger partial charge in [-0.2, -0.15) is 13.9 Å². The molecule has 1 unspecified atom stereocenters. The van der Waals surface area contributed by atoms with Gasteiger partial charge in [0.25, 0.3) is 11.7 Å². The van der Waals surface area contributed by atoms with Crippen molar-refractivity contribution in [2.45, 2.75) is 42.6 Å². The number of ether oxygens (including phenoxy) is 1. The van der Waals surface area contributed by atoms with E-state index in [2.05, 4.69) is 10.4 Å². The van der Waals surface area contributed by atoms with Gasteiger partial charge in [0.15, 0.2) is 0 Å². The van der Waals surface area contributed by atoms with Gasteiger partial charge in [0, 0.05) is 17.7 Å². The number of alkyl halides is 2. The van der Waals surface area contributed by atoms with Crippen LogP contribution < -0.4 is 5.32 Å². The van der Waals surface area contributed by atoms with Crippen LogP contribution in [0.25, 0.3) is 0 Å². The van der Waals surface area contributed by atoms with E-state index in [9.17, 15) is 13.6 Å². The summed E-state index contributed by atoms with van der Waals surface area (Å²) >= 11 is 0.361. The molecule has 25 heavy (non-hydrogen) atoms. The van der Waals surface area contributed by atoms with Crippen LogP contribution in [-0.4, -0.2) is 34.2 Å². The minimum atomic E-state index is -2.58. The predicted octanol–water partition coefficient (Wildman–Crippen LogP) is 4.02. The van der Waals surface area contributed by atoms with Crippen molar-refractivity contribution in [1.82, 2.24) is 9.78 Å². The average molecular weight is 367 g/mol. The third-order valence-corrected chi connectivity index (χ3v) is 4.69. The van der Waals surface area contributed by atoms with Gasteiger partial charge in [0.05, 0.1) is 30.1 Å². The van der Waals surface area contributed by atoms with Crippen molar-refractivity contribution in [3.63, 3.8) is 0 Å². The first kappa shape index (κ1) is 17.9. The van der Waals surface area contributed by atoms with E-state index < -0.39 is 11.7 Å². The van der Waals surface area contributed by atoms with E-state index in [-0.39, 0.29) is 16.6 Å². The van der Waals surface area contributed by atoms with Gasteiger partial charge in [-0.15, -0.1) is 0 Å². The molecule has 134 valence electrons. The quantitative estimate of drug-likeness (QED) is 0.784. The molecule has 1 amide bonds. The molecule has 5 nitrogen and oxygen atoms in total. The maximum atomic E-state index is 12.6. The molecule has 1 fully saturated rings. The highest BCUT2D eigenvalue weighted by molar-refractivity contribution is 7.99. The number of hydrogen-bond donors (Lipinski definition) is 1. The van der Waals surface area contributed by atoms with Crippen molar-refractivity contribution in [2.75, 3.05) is 11.9 Å². The van der Waals surface area contributed by atoms with E-state index >= 15 is 0 Å². The Labute approximate surface area is 148 Å². The molecule has 0 spiro atoms. The largest absolute Gasteiger partial charge is 0.376 e. The molecular weight excluding hydrogens is 348 g/mol. The third kappa shape index (κ3) is 5.02. The van der Waals surface area contributed by atoms with Crippen LogP contribution in [0.3, 0.4) is 0 Å². The highest BCUT2D eigenvalue weighted by Gasteiger charge is 2.17. The zero-order valence-electron chi connectivity index (χ0n) is 13.5. The lowest BCUT2D eigenvalue weighted by molar-refractivity contribution is 0.00400. The molecular formula is C17H19F2N3O2S. The van der Waals surface area contributed by atoms with E-state index in [1.54, 1.807) is 29.2 Å². The third-order valence-electron chi connectivity index (χ3n) is 3.90. The van der Waals surface area contributed by atoms with Gasteiger partial charge in [-0.05, 0) is 31.4 Å². The van der Waals surface area contributed by atoms with Gasteiger partial charge in [0.1, 0.15) is 0 Å². The number of halogens is 2. The van der Waals surface area contributed by atoms with Gasteiger partial charge in [-0.3, -0.25) is 9.48 Å². The first-order chi connectivity index (χ1) is 12.1. The van der Waals surface area contributed by atoms with Crippen molar-refractivity contribution < 1.29 is 18.3 Å². The fourth-order valence-corrected chi connectivity index (χ4v) is 3.38. The second kappa shape index (κ2) is 8.44. The van der Waals surface area contributed by atoms with Crippen molar-refractivity contribution in [3.8, 4) is 0 Å². The number of rotatable bonds is 6. The summed E-state index contributed by atoms with van der Waals surface area (Å²) in [6.45, 7) is 1.40. The molecule has 1 atom stereocenters. The first-order valence-corrected chi connectivity index (χ1v) is 8.99. The van der Waals surface area contributed by atoms with Crippen LogP contribution in [0.15, 0.2) is 41.6 Å². The smallest absolute Gasteiger partial charge is 0.288 e. The lowest BCUT2D eigenvalue weighted by atomic mass is 10.1. The summed E-state index contributed by atoms with van der Waals surface area (Å²) in [5, 5.41) is 6.93. The van der Waals surface area contributed by atoms with E-state index in [0.717, 1.165) is 25.9 Å². The van der Waals surface area contributed by atoms with Crippen LogP contribution in [0.2, 0.25) is 0 Å². The Balaban J connectivity index is 1.63. The van der Waals surface area contributed by atoms with E-state index in [4.69, 9.17) is 4.74 Å². The van der Waals surface area contributed by atoms with E-state index in [1.165, 1.54) is 12.1 Å². The summed E-state index contributed by atoms with van der Waals surface area (Å²) in [5.41, 5.74) is 0.744. The fourth-order valence-electron chi connectivity index (χ4n) is 2.74. The Morgan fingerprint density at radius 2 is 2.24 bits per heavy atom. The zero-order chi connectivity index (χ0) is 17.6. The van der Waals surface area contributed by atoms with Gasteiger partial charge in [-0.1, -0.05) is 23.9 Å². The van der Waals surface area contributed by atoms with Gasteiger partial charge in [0.2, 0.25) is 0 Å². The van der Waals surface area contributed by atoms with Crippen LogP contribution in [0.5, 0.6) is 0 Å². The van der Waals surface area contributed by atoms with Crippen LogP contribution in [-0.2, 0) is 11.3 Å². The minimum Gasteiger partial charge on any atom is -0.376 e. The predicted molar refractivity (Wildman–Crippen MR) is 92.1 cm³/mol. The summed E-state index contributed by atoms with van der Waals surface area (Å²) in [4.78, 5) is 12.6. The summed E-state index contributed by atoms with van der Waals surface area (Å²) in [6.07, 6.45) is 6.64. The molecule has 0 radical (unpaired) electrons. The van der Waals surface area contributed by atoms with Crippen molar-refractivity contribution in [1.29, 1.82) is 0 Å². The maximum absolute atomic E-state index is 12.6. The summed E-state index contributed by atoms with van der Waals surface area (Å²) in [6, 6.07) is 6.31. The molecule has 8 heteroatoms. The number of aromatic nitrogens is 2. The number of carbonyl (C=O) groups excluding carboxylic acids is 1. The number of carbonyl (C=O) groups is 1. The van der Waals surface area contributed by atoms with Crippen molar-refractivity contribution in [3.05, 3.63) is 42.2 Å². The molecule has 3 rings (SSSR count). The number of anilines is 1. The Morgan fingerprint density at radius 3 is 3.00 bits per heavy atom. The second-order valence-electron chi connectivity index (χ2n) is 5.77. The van der Waals surface area contributed by atoms with E-state index in [1.807, 2.05) is 0 Å². The van der Waals surface area contributed by atoms with Crippen LogP contribution in [0.1, 0.15) is 29.6 Å². The van der Waals surface area contributed by atoms with Crippen molar-refractivity contribution in [2.24, 2.45) is 0 Å². The molecule has 0 aliphatic carbocycles. The lowest BCUT2D eigenvalue weighted by Gasteiger charge is -2.22. The number of amides is 1. The summed E-state index contributed by atoms with van der Waals surface area (Å²) < 4.78 is 32.6. The topological polar surface area (TPSA) is 56.2 Å². The molecule has 1 saturated heterocycles. The number of benzene rings is 1. The SMILES string of the molecule is O=C(Nc1cnn(CC2CCCCO2)c1)c1ccccc1SC(F)F. The molecule has 1 N–H and O–H groups in total. The summed E-state index contributed by atoms with van der Waals surface area (Å²) in [5.74, 6) is -3.01. The van der Waals surface area contributed by atoms with E-state index in [0.29, 0.717) is 24.0 Å². The lowest BCUT2D eigenvalue weighted by Crippen LogP contribution is -2.24. The van der Waals surface area contributed by atoms with Crippen LogP contribution >= 0.6 is 11.8 Å². The molecule has 1 aromatic carbocycles. The monoisotopic (exact) mass is 367 g/mol. The molecule has 2 heterocycles.